The van der Waals surface area contributed by atoms with Crippen molar-refractivity contribution < 1.29 is 13.2 Å². The number of hydrogen-bond donors (Lipinski definition) is 0. The average molecular weight is 304 g/mol. The Hall–Kier alpha value is -2.13. The predicted molar refractivity (Wildman–Crippen MR) is 84.0 cm³/mol. The van der Waals surface area contributed by atoms with Crippen molar-refractivity contribution in [1.82, 2.24) is 0 Å². The molecular weight excluding hydrogens is 285 g/mol. The maximum atomic E-state index is 12.4. The van der Waals surface area contributed by atoms with Crippen LogP contribution in [0.4, 0.5) is 13.2 Å². The van der Waals surface area contributed by atoms with Gasteiger partial charge in [0, 0.05) is 12.0 Å². The zero-order chi connectivity index (χ0) is 16.3. The highest BCUT2D eigenvalue weighted by atomic mass is 19.4. The third-order valence-corrected chi connectivity index (χ3v) is 2.94. The zero-order valence-corrected chi connectivity index (χ0v) is 12.6. The summed E-state index contributed by atoms with van der Waals surface area (Å²) in [5.41, 5.74) is -0.118. The minimum Gasteiger partial charge on any atom is -0.166 e. The predicted octanol–water partition coefficient (Wildman–Crippen LogP) is 5.59. The summed E-state index contributed by atoms with van der Waals surface area (Å²) in [6.07, 6.45) is 4.64. The van der Waals surface area contributed by atoms with Crippen LogP contribution in [0.15, 0.2) is 36.4 Å². The van der Waals surface area contributed by atoms with E-state index >= 15 is 0 Å². The molecule has 0 aliphatic rings. The third kappa shape index (κ3) is 7.60. The van der Waals surface area contributed by atoms with Gasteiger partial charge in [0.2, 0.25) is 0 Å². The van der Waals surface area contributed by atoms with Gasteiger partial charge < -0.3 is 0 Å². The molecule has 0 aliphatic carbocycles. The van der Waals surface area contributed by atoms with E-state index < -0.39 is 11.7 Å². The van der Waals surface area contributed by atoms with Gasteiger partial charge >= 0.3 is 6.18 Å². The Morgan fingerprint density at radius 1 is 0.955 bits per heavy atom. The first-order valence-corrected chi connectivity index (χ1v) is 7.36. The summed E-state index contributed by atoms with van der Waals surface area (Å²) in [4.78, 5) is 0. The smallest absolute Gasteiger partial charge is 0.166 e. The number of unbranched alkanes of at least 4 members (excludes halogenated alkanes) is 4. The first-order chi connectivity index (χ1) is 10.5. The minimum absolute atomic E-state index is 0.546. The molecule has 1 aromatic rings. The molecule has 0 aromatic heterocycles. The zero-order valence-electron chi connectivity index (χ0n) is 12.6. The molecule has 0 fully saturated rings. The molecule has 3 heteroatoms. The summed E-state index contributed by atoms with van der Waals surface area (Å²) in [7, 11) is 0. The van der Waals surface area contributed by atoms with Crippen molar-refractivity contribution in [3.05, 3.63) is 47.5 Å². The van der Waals surface area contributed by atoms with Crippen LogP contribution in [0.5, 0.6) is 0 Å². The normalized spacial score (nSPS) is 10.7. The Morgan fingerprint density at radius 3 is 2.27 bits per heavy atom. The van der Waals surface area contributed by atoms with Crippen molar-refractivity contribution in [2.75, 3.05) is 0 Å². The van der Waals surface area contributed by atoms with Crippen molar-refractivity contribution in [2.45, 2.75) is 45.2 Å². The van der Waals surface area contributed by atoms with Gasteiger partial charge in [0.05, 0.1) is 5.56 Å². The molecule has 116 valence electrons. The van der Waals surface area contributed by atoms with Crippen molar-refractivity contribution >= 4 is 0 Å². The standard InChI is InChI=1S/C19H19F3/c1-2-3-4-5-6-7-8-9-10-11-12-17-13-15-18(16-14-17)19(20,21)22/h9-10,13-16H,2-6H2,1H3. The lowest BCUT2D eigenvalue weighted by molar-refractivity contribution is -0.137. The number of alkyl halides is 3. The number of rotatable bonds is 4. The Labute approximate surface area is 130 Å². The molecule has 0 bridgehead atoms. The van der Waals surface area contributed by atoms with Gasteiger partial charge in [-0.05, 0) is 42.8 Å². The van der Waals surface area contributed by atoms with Gasteiger partial charge in [-0.25, -0.2) is 0 Å². The van der Waals surface area contributed by atoms with Crippen LogP contribution < -0.4 is 0 Å². The van der Waals surface area contributed by atoms with Gasteiger partial charge in [-0.1, -0.05) is 49.9 Å². The first kappa shape index (κ1) is 17.9. The van der Waals surface area contributed by atoms with Crippen molar-refractivity contribution in [2.24, 2.45) is 0 Å². The summed E-state index contributed by atoms with van der Waals surface area (Å²) >= 11 is 0. The molecule has 22 heavy (non-hydrogen) atoms. The second-order valence-electron chi connectivity index (χ2n) is 4.81. The van der Waals surface area contributed by atoms with E-state index in [1.165, 1.54) is 31.4 Å². The molecule has 0 aliphatic heterocycles. The second-order valence-corrected chi connectivity index (χ2v) is 4.81. The Bertz CT molecular complexity index is 584. The number of benzene rings is 1. The highest BCUT2D eigenvalue weighted by Crippen LogP contribution is 2.28. The van der Waals surface area contributed by atoms with Gasteiger partial charge in [-0.2, -0.15) is 13.2 Å². The molecule has 0 saturated carbocycles. The fraction of sp³-hybridized carbons (Fsp3) is 0.368. The van der Waals surface area contributed by atoms with Gasteiger partial charge in [0.1, 0.15) is 0 Å². The van der Waals surface area contributed by atoms with Crippen LogP contribution in [-0.2, 0) is 6.18 Å². The average Bonchev–Trinajstić information content (AvgIpc) is 2.49. The van der Waals surface area contributed by atoms with Crippen LogP contribution in [0.3, 0.4) is 0 Å². The summed E-state index contributed by atoms with van der Waals surface area (Å²) in [6.45, 7) is 2.17. The third-order valence-electron chi connectivity index (χ3n) is 2.94. The fourth-order valence-electron chi connectivity index (χ4n) is 1.72. The lowest BCUT2D eigenvalue weighted by Gasteiger charge is -2.05. The highest BCUT2D eigenvalue weighted by Gasteiger charge is 2.29. The van der Waals surface area contributed by atoms with Crippen LogP contribution in [0, 0.1) is 23.7 Å². The highest BCUT2D eigenvalue weighted by molar-refractivity contribution is 5.39. The Morgan fingerprint density at radius 2 is 1.64 bits per heavy atom. The van der Waals surface area contributed by atoms with Crippen LogP contribution >= 0.6 is 0 Å². The molecule has 0 nitrogen and oxygen atoms in total. The number of allylic oxidation sites excluding steroid dienone is 2. The first-order valence-electron chi connectivity index (χ1n) is 7.36. The lowest BCUT2D eigenvalue weighted by Crippen LogP contribution is -2.03. The number of hydrogen-bond acceptors (Lipinski definition) is 0. The van der Waals surface area contributed by atoms with E-state index in [2.05, 4.69) is 30.6 Å². The van der Waals surface area contributed by atoms with E-state index in [4.69, 9.17) is 0 Å². The Kier molecular flexibility index (Phi) is 7.94. The quantitative estimate of drug-likeness (QED) is 0.502. The minimum atomic E-state index is -4.31. The molecule has 0 amide bonds. The number of halogens is 3. The second kappa shape index (κ2) is 9.74. The molecule has 0 radical (unpaired) electrons. The summed E-state index contributed by atoms with van der Waals surface area (Å²) < 4.78 is 37.1. The van der Waals surface area contributed by atoms with Gasteiger partial charge in [0.25, 0.3) is 0 Å². The van der Waals surface area contributed by atoms with Crippen molar-refractivity contribution in [3.8, 4) is 23.7 Å². The van der Waals surface area contributed by atoms with E-state index in [0.717, 1.165) is 25.0 Å². The largest absolute Gasteiger partial charge is 0.416 e. The van der Waals surface area contributed by atoms with Gasteiger partial charge in [-0.15, -0.1) is 0 Å². The molecule has 0 saturated heterocycles. The molecule has 1 aromatic carbocycles. The van der Waals surface area contributed by atoms with E-state index in [0.29, 0.717) is 5.56 Å². The van der Waals surface area contributed by atoms with Gasteiger partial charge in [-0.3, -0.25) is 0 Å². The molecule has 0 heterocycles. The molecule has 0 unspecified atom stereocenters. The molecule has 1 rings (SSSR count). The Balaban J connectivity index is 2.41. The molecular formula is C19H19F3. The monoisotopic (exact) mass is 304 g/mol. The maximum absolute atomic E-state index is 12.4. The van der Waals surface area contributed by atoms with Crippen LogP contribution in [-0.4, -0.2) is 0 Å². The van der Waals surface area contributed by atoms with E-state index in [9.17, 15) is 13.2 Å². The maximum Gasteiger partial charge on any atom is 0.416 e. The van der Waals surface area contributed by atoms with Crippen molar-refractivity contribution in [3.63, 3.8) is 0 Å². The lowest BCUT2D eigenvalue weighted by atomic mass is 10.1. The van der Waals surface area contributed by atoms with Crippen LogP contribution in [0.25, 0.3) is 0 Å². The van der Waals surface area contributed by atoms with E-state index in [1.807, 2.05) is 0 Å². The SMILES string of the molecule is CCCCCCC#CC=CC#Cc1ccc(C(F)(F)F)cc1. The van der Waals surface area contributed by atoms with Crippen LogP contribution in [0.2, 0.25) is 0 Å². The van der Waals surface area contributed by atoms with E-state index in [1.54, 1.807) is 12.2 Å². The topological polar surface area (TPSA) is 0 Å². The molecule has 0 spiro atoms. The molecule has 0 N–H and O–H groups in total. The van der Waals surface area contributed by atoms with Gasteiger partial charge in [0.15, 0.2) is 0 Å². The molecule has 0 atom stereocenters. The fourth-order valence-corrected chi connectivity index (χ4v) is 1.72. The summed E-state index contributed by atoms with van der Waals surface area (Å²) in [6, 6.07) is 4.79. The summed E-state index contributed by atoms with van der Waals surface area (Å²) in [5, 5.41) is 0. The summed E-state index contributed by atoms with van der Waals surface area (Å²) in [5.74, 6) is 11.5. The van der Waals surface area contributed by atoms with E-state index in [-0.39, 0.29) is 0 Å². The van der Waals surface area contributed by atoms with Crippen molar-refractivity contribution in [1.29, 1.82) is 0 Å². The van der Waals surface area contributed by atoms with Crippen LogP contribution in [0.1, 0.15) is 50.2 Å².